The van der Waals surface area contributed by atoms with Crippen LogP contribution in [0, 0.1) is 20.8 Å². The Labute approximate surface area is 243 Å². The highest BCUT2D eigenvalue weighted by Crippen LogP contribution is 2.45. The molecule has 0 saturated carbocycles. The Morgan fingerprint density at radius 1 is 0.732 bits per heavy atom. The van der Waals surface area contributed by atoms with Gasteiger partial charge < -0.3 is 4.40 Å². The van der Waals surface area contributed by atoms with Crippen molar-refractivity contribution in [3.05, 3.63) is 94.2 Å². The summed E-state index contributed by atoms with van der Waals surface area (Å²) in [5.41, 5.74) is 16.4. The van der Waals surface area contributed by atoms with Crippen LogP contribution in [0.4, 0.5) is 0 Å². The van der Waals surface area contributed by atoms with E-state index in [2.05, 4.69) is 132 Å². The van der Waals surface area contributed by atoms with Gasteiger partial charge >= 0.3 is 0 Å². The number of hydrogen-bond acceptors (Lipinski definition) is 0. The monoisotopic (exact) mass is 537 g/mol. The summed E-state index contributed by atoms with van der Waals surface area (Å²) in [4.78, 5) is 0. The molecule has 0 unspecified atom stereocenters. The fourth-order valence-corrected chi connectivity index (χ4v) is 7.43. The summed E-state index contributed by atoms with van der Waals surface area (Å²) >= 11 is 0. The molecule has 3 heterocycles. The van der Waals surface area contributed by atoms with E-state index in [0.29, 0.717) is 11.8 Å². The molecular weight excluding hydrogens is 496 g/mol. The third-order valence-electron chi connectivity index (χ3n) is 9.73. The summed E-state index contributed by atoms with van der Waals surface area (Å²) in [5, 5.41) is 6.76. The number of pyridine rings is 2. The van der Waals surface area contributed by atoms with Gasteiger partial charge in [-0.25, -0.2) is 4.57 Å². The summed E-state index contributed by atoms with van der Waals surface area (Å²) < 4.78 is 4.92. The lowest BCUT2D eigenvalue weighted by atomic mass is 9.82. The molecule has 7 aromatic rings. The Balaban J connectivity index is 1.77. The van der Waals surface area contributed by atoms with E-state index in [4.69, 9.17) is 0 Å². The molecule has 0 amide bonds. The van der Waals surface area contributed by atoms with Gasteiger partial charge in [0, 0.05) is 16.8 Å². The number of benzene rings is 4. The highest BCUT2D eigenvalue weighted by Gasteiger charge is 2.26. The SMILES string of the molecule is CCc1cc(C(C)C)c(-c2cc3cc[n+](C)c4c5c(C)ccc6c7c(C)c(C)ccc7n(c(c2)c34)c65)c(C(C)C)c1. The first-order chi connectivity index (χ1) is 19.6. The maximum absolute atomic E-state index is 2.59. The van der Waals surface area contributed by atoms with Crippen molar-refractivity contribution in [2.24, 2.45) is 7.05 Å². The Morgan fingerprint density at radius 2 is 1.41 bits per heavy atom. The fraction of sp³-hybridized carbons (Fsp3) is 0.308. The van der Waals surface area contributed by atoms with Crippen molar-refractivity contribution >= 4 is 49.0 Å². The van der Waals surface area contributed by atoms with E-state index in [-0.39, 0.29) is 0 Å². The van der Waals surface area contributed by atoms with Gasteiger partial charge in [0.2, 0.25) is 5.52 Å². The molecule has 3 aromatic heterocycles. The van der Waals surface area contributed by atoms with Crippen molar-refractivity contribution in [1.29, 1.82) is 0 Å². The molecule has 0 radical (unpaired) electrons. The van der Waals surface area contributed by atoms with Gasteiger partial charge in [-0.05, 0) is 107 Å². The lowest BCUT2D eigenvalue weighted by molar-refractivity contribution is -0.643. The summed E-state index contributed by atoms with van der Waals surface area (Å²) in [6, 6.07) is 21.5. The van der Waals surface area contributed by atoms with Gasteiger partial charge in [-0.2, -0.15) is 0 Å². The Bertz CT molecular complexity index is 2140. The van der Waals surface area contributed by atoms with Gasteiger partial charge in [-0.15, -0.1) is 0 Å². The number of aromatic nitrogens is 2. The van der Waals surface area contributed by atoms with Crippen LogP contribution in [0.3, 0.4) is 0 Å². The van der Waals surface area contributed by atoms with Crippen molar-refractivity contribution in [1.82, 2.24) is 4.40 Å². The smallest absolute Gasteiger partial charge is 0.224 e. The molecule has 0 aliphatic rings. The van der Waals surface area contributed by atoms with Crippen LogP contribution in [0.5, 0.6) is 0 Å². The maximum Gasteiger partial charge on any atom is 0.224 e. The average Bonchev–Trinajstić information content (AvgIpc) is 3.29. The second-order valence-electron chi connectivity index (χ2n) is 12.9. The van der Waals surface area contributed by atoms with Crippen LogP contribution in [-0.2, 0) is 13.5 Å². The number of fused-ring (bicyclic) bond motifs is 5. The second-order valence-corrected chi connectivity index (χ2v) is 12.9. The molecule has 2 nitrogen and oxygen atoms in total. The van der Waals surface area contributed by atoms with Crippen molar-refractivity contribution in [2.45, 2.75) is 73.6 Å². The summed E-state index contributed by atoms with van der Waals surface area (Å²) in [6.07, 6.45) is 3.31. The summed E-state index contributed by atoms with van der Waals surface area (Å²) in [7, 11) is 2.20. The van der Waals surface area contributed by atoms with E-state index >= 15 is 0 Å². The fourth-order valence-electron chi connectivity index (χ4n) is 7.43. The van der Waals surface area contributed by atoms with Crippen molar-refractivity contribution in [3.63, 3.8) is 0 Å². The molecule has 4 aromatic carbocycles. The molecule has 0 aliphatic carbocycles. The van der Waals surface area contributed by atoms with E-state index in [1.807, 2.05) is 0 Å². The quantitative estimate of drug-likeness (QED) is 0.120. The number of nitrogens with zero attached hydrogens (tertiary/aromatic N) is 2. The first kappa shape index (κ1) is 26.0. The van der Waals surface area contributed by atoms with Crippen LogP contribution < -0.4 is 4.57 Å². The molecule has 0 N–H and O–H groups in total. The maximum atomic E-state index is 2.59. The van der Waals surface area contributed by atoms with Gasteiger partial charge in [-0.3, -0.25) is 0 Å². The average molecular weight is 538 g/mol. The van der Waals surface area contributed by atoms with Crippen molar-refractivity contribution < 1.29 is 4.57 Å². The predicted molar refractivity (Wildman–Crippen MR) is 177 cm³/mol. The largest absolute Gasteiger partial charge is 0.307 e. The lowest BCUT2D eigenvalue weighted by Gasteiger charge is -2.23. The van der Waals surface area contributed by atoms with Crippen LogP contribution in [0.25, 0.3) is 60.1 Å². The molecule has 0 atom stereocenters. The molecule has 7 rings (SSSR count). The molecular formula is C39H41N2+. The Morgan fingerprint density at radius 3 is 2.07 bits per heavy atom. The molecule has 206 valence electrons. The zero-order valence-corrected chi connectivity index (χ0v) is 26.0. The first-order valence-electron chi connectivity index (χ1n) is 15.3. The van der Waals surface area contributed by atoms with Crippen LogP contribution in [0.15, 0.2) is 60.8 Å². The van der Waals surface area contributed by atoms with Crippen LogP contribution in [0.1, 0.15) is 79.8 Å². The van der Waals surface area contributed by atoms with E-state index in [1.54, 1.807) is 0 Å². The lowest BCUT2D eigenvalue weighted by Crippen LogP contribution is -2.28. The van der Waals surface area contributed by atoms with Crippen LogP contribution in [0.2, 0.25) is 0 Å². The predicted octanol–water partition coefficient (Wildman–Crippen LogP) is 10.2. The summed E-state index contributed by atoms with van der Waals surface area (Å²) in [6.45, 7) is 18.5. The highest BCUT2D eigenvalue weighted by atomic mass is 15.0. The third kappa shape index (κ3) is 3.52. The van der Waals surface area contributed by atoms with Gasteiger partial charge in [0.25, 0.3) is 0 Å². The zero-order valence-electron chi connectivity index (χ0n) is 26.0. The molecule has 41 heavy (non-hydrogen) atoms. The van der Waals surface area contributed by atoms with E-state index in [0.717, 1.165) is 6.42 Å². The van der Waals surface area contributed by atoms with Crippen molar-refractivity contribution in [2.75, 3.05) is 0 Å². The molecule has 0 saturated heterocycles. The molecule has 0 fully saturated rings. The number of aryl methyl sites for hydroxylation is 5. The van der Waals surface area contributed by atoms with Gasteiger partial charge in [0.1, 0.15) is 7.05 Å². The minimum atomic E-state index is 0.443. The molecule has 0 aliphatic heterocycles. The highest BCUT2D eigenvalue weighted by molar-refractivity contribution is 6.26. The van der Waals surface area contributed by atoms with Crippen molar-refractivity contribution in [3.8, 4) is 11.1 Å². The zero-order chi connectivity index (χ0) is 28.9. The standard InChI is InChI=1S/C39H41N2/c1-10-26-17-30(21(2)3)36(31(18-26)22(4)5)28-19-27-15-16-40(9)39-34-24(7)11-13-29-35-25(8)23(6)12-14-32(35)41(38(29)34)33(20-28)37(27)39/h11-22H,10H2,1-9H3/q+1. The minimum Gasteiger partial charge on any atom is -0.307 e. The minimum absolute atomic E-state index is 0.443. The first-order valence-corrected chi connectivity index (χ1v) is 15.3. The molecule has 0 bridgehead atoms. The van der Waals surface area contributed by atoms with Crippen LogP contribution >= 0.6 is 0 Å². The molecule has 0 spiro atoms. The topological polar surface area (TPSA) is 8.29 Å². The normalized spacial score (nSPS) is 12.6. The van der Waals surface area contributed by atoms with Gasteiger partial charge in [-0.1, -0.05) is 65.0 Å². The summed E-state index contributed by atoms with van der Waals surface area (Å²) in [5.74, 6) is 0.886. The van der Waals surface area contributed by atoms with E-state index in [9.17, 15) is 0 Å². The number of rotatable bonds is 4. The van der Waals surface area contributed by atoms with Crippen LogP contribution in [-0.4, -0.2) is 4.40 Å². The van der Waals surface area contributed by atoms with Gasteiger partial charge in [0.05, 0.1) is 27.3 Å². The molecule has 2 heteroatoms. The van der Waals surface area contributed by atoms with E-state index < -0.39 is 0 Å². The van der Waals surface area contributed by atoms with E-state index in [1.165, 1.54) is 93.5 Å². The second kappa shape index (κ2) is 9.05. The Kier molecular flexibility index (Phi) is 5.74. The van der Waals surface area contributed by atoms with Gasteiger partial charge in [0.15, 0.2) is 6.20 Å². The Hall–Kier alpha value is -3.91. The number of hydrogen-bond donors (Lipinski definition) is 0. The third-order valence-corrected chi connectivity index (χ3v) is 9.73.